The maximum absolute atomic E-state index is 12.8. The Morgan fingerprint density at radius 1 is 1.32 bits per heavy atom. The van der Waals surface area contributed by atoms with E-state index in [1.165, 1.54) is 24.1 Å². The number of rotatable bonds is 3. The lowest BCUT2D eigenvalue weighted by molar-refractivity contribution is -0.385. The molecule has 2 aliphatic heterocycles. The molecule has 0 aliphatic carbocycles. The molecule has 0 unspecified atom stereocenters. The van der Waals surface area contributed by atoms with Crippen molar-refractivity contribution in [3.05, 3.63) is 63.7 Å². The number of carbonyl (C=O) groups is 2. The summed E-state index contributed by atoms with van der Waals surface area (Å²) in [5.41, 5.74) is 0.468. The zero-order chi connectivity index (χ0) is 20.1. The molecule has 2 heterocycles. The lowest BCUT2D eigenvalue weighted by Gasteiger charge is -2.50. The van der Waals surface area contributed by atoms with Gasteiger partial charge in [-0.1, -0.05) is 0 Å². The number of amides is 2. The fourth-order valence-corrected chi connectivity index (χ4v) is 3.73. The van der Waals surface area contributed by atoms with E-state index in [0.717, 1.165) is 0 Å². The standard InChI is InChI=1S/C19H17N3O6/c1-19-10-15(14-9-13(22(25)26)7-8-16(14)28-19)20-18(24)21(19)12-5-3-11(4-6-12)17(23)27-2/h3-9,15H,10H2,1-2H3,(H,20,24)/t15-,19-/m1/s1. The summed E-state index contributed by atoms with van der Waals surface area (Å²) in [4.78, 5) is 36.5. The predicted octanol–water partition coefficient (Wildman–Crippen LogP) is 3.15. The third-order valence-corrected chi connectivity index (χ3v) is 5.01. The molecule has 4 rings (SSSR count). The molecule has 1 fully saturated rings. The van der Waals surface area contributed by atoms with Crippen molar-refractivity contribution < 1.29 is 24.0 Å². The Labute approximate surface area is 160 Å². The first-order valence-corrected chi connectivity index (χ1v) is 8.59. The van der Waals surface area contributed by atoms with E-state index >= 15 is 0 Å². The number of carbonyl (C=O) groups excluding carboxylic acids is 2. The molecule has 9 nitrogen and oxygen atoms in total. The van der Waals surface area contributed by atoms with Crippen LogP contribution in [0.15, 0.2) is 42.5 Å². The van der Waals surface area contributed by atoms with Gasteiger partial charge in [0.15, 0.2) is 5.72 Å². The molecule has 0 radical (unpaired) electrons. The van der Waals surface area contributed by atoms with Crippen LogP contribution in [0.3, 0.4) is 0 Å². The predicted molar refractivity (Wildman–Crippen MR) is 98.3 cm³/mol. The Morgan fingerprint density at radius 2 is 2.04 bits per heavy atom. The van der Waals surface area contributed by atoms with Crippen LogP contribution in [0, 0.1) is 10.1 Å². The fraction of sp³-hybridized carbons (Fsp3) is 0.263. The summed E-state index contributed by atoms with van der Waals surface area (Å²) in [5, 5.41) is 13.9. The van der Waals surface area contributed by atoms with E-state index in [2.05, 4.69) is 10.1 Å². The van der Waals surface area contributed by atoms with E-state index in [1.807, 2.05) is 0 Å². The molecule has 1 N–H and O–H groups in total. The highest BCUT2D eigenvalue weighted by atomic mass is 16.6. The largest absolute Gasteiger partial charge is 0.467 e. The van der Waals surface area contributed by atoms with Crippen molar-refractivity contribution >= 4 is 23.4 Å². The molecule has 28 heavy (non-hydrogen) atoms. The summed E-state index contributed by atoms with van der Waals surface area (Å²) in [6, 6.07) is 10.0. The van der Waals surface area contributed by atoms with Gasteiger partial charge in [0.2, 0.25) is 0 Å². The normalized spacial score (nSPS) is 22.6. The molecule has 2 aliphatic rings. The molecule has 2 aromatic carbocycles. The smallest absolute Gasteiger partial charge is 0.337 e. The number of anilines is 1. The summed E-state index contributed by atoms with van der Waals surface area (Å²) in [6.07, 6.45) is 0.408. The Bertz CT molecular complexity index is 990. The minimum atomic E-state index is -0.983. The summed E-state index contributed by atoms with van der Waals surface area (Å²) >= 11 is 0. The Balaban J connectivity index is 1.71. The highest BCUT2D eigenvalue weighted by Gasteiger charge is 2.50. The van der Waals surface area contributed by atoms with Gasteiger partial charge in [0.1, 0.15) is 5.75 Å². The van der Waals surface area contributed by atoms with Gasteiger partial charge < -0.3 is 14.8 Å². The maximum Gasteiger partial charge on any atom is 0.337 e. The molecule has 0 aromatic heterocycles. The molecule has 0 spiro atoms. The van der Waals surface area contributed by atoms with E-state index in [1.54, 1.807) is 37.3 Å². The number of fused-ring (bicyclic) bond motifs is 4. The third-order valence-electron chi connectivity index (χ3n) is 5.01. The number of hydrogen-bond donors (Lipinski definition) is 1. The average Bonchev–Trinajstić information content (AvgIpc) is 2.66. The van der Waals surface area contributed by atoms with Crippen molar-refractivity contribution in [1.29, 1.82) is 0 Å². The second-order valence-corrected chi connectivity index (χ2v) is 6.84. The van der Waals surface area contributed by atoms with Gasteiger partial charge in [-0.25, -0.2) is 9.59 Å². The molecular formula is C19H17N3O6. The molecule has 2 amide bonds. The van der Waals surface area contributed by atoms with Crippen LogP contribution in [0.25, 0.3) is 0 Å². The van der Waals surface area contributed by atoms with Crippen LogP contribution in [-0.2, 0) is 4.74 Å². The van der Waals surface area contributed by atoms with E-state index in [4.69, 9.17) is 4.74 Å². The van der Waals surface area contributed by atoms with Crippen LogP contribution in [-0.4, -0.2) is 29.8 Å². The number of nitro benzene ring substituents is 1. The highest BCUT2D eigenvalue weighted by molar-refractivity contribution is 5.96. The van der Waals surface area contributed by atoms with Gasteiger partial charge in [-0.2, -0.15) is 0 Å². The maximum atomic E-state index is 12.8. The topological polar surface area (TPSA) is 111 Å². The van der Waals surface area contributed by atoms with Gasteiger partial charge >= 0.3 is 12.0 Å². The number of urea groups is 1. The van der Waals surface area contributed by atoms with Crippen LogP contribution in [0.5, 0.6) is 5.75 Å². The first-order chi connectivity index (χ1) is 13.3. The van der Waals surface area contributed by atoms with Gasteiger partial charge in [0, 0.05) is 29.8 Å². The zero-order valence-electron chi connectivity index (χ0n) is 15.2. The second-order valence-electron chi connectivity index (χ2n) is 6.84. The number of non-ortho nitro benzene ring substituents is 1. The monoisotopic (exact) mass is 383 g/mol. The van der Waals surface area contributed by atoms with Gasteiger partial charge in [-0.05, 0) is 37.3 Å². The van der Waals surface area contributed by atoms with E-state index < -0.39 is 22.7 Å². The van der Waals surface area contributed by atoms with Crippen LogP contribution < -0.4 is 15.0 Å². The number of ether oxygens (including phenoxy) is 2. The molecule has 1 saturated heterocycles. The van der Waals surface area contributed by atoms with Crippen molar-refractivity contribution in [3.63, 3.8) is 0 Å². The van der Waals surface area contributed by atoms with E-state index in [-0.39, 0.29) is 11.7 Å². The summed E-state index contributed by atoms with van der Waals surface area (Å²) in [7, 11) is 1.30. The minimum absolute atomic E-state index is 0.0546. The minimum Gasteiger partial charge on any atom is -0.467 e. The lowest BCUT2D eigenvalue weighted by atomic mass is 9.90. The fourth-order valence-electron chi connectivity index (χ4n) is 3.73. The highest BCUT2D eigenvalue weighted by Crippen LogP contribution is 2.46. The van der Waals surface area contributed by atoms with Crippen molar-refractivity contribution in [2.45, 2.75) is 25.1 Å². The SMILES string of the molecule is COC(=O)c1ccc(N2C(=O)N[C@@H]3C[C@@]2(C)Oc2ccc([N+](=O)[O-])cc23)cc1. The first-order valence-electron chi connectivity index (χ1n) is 8.59. The van der Waals surface area contributed by atoms with Crippen LogP contribution in [0.4, 0.5) is 16.2 Å². The molecule has 2 aromatic rings. The molecule has 0 saturated carbocycles. The van der Waals surface area contributed by atoms with E-state index in [9.17, 15) is 19.7 Å². The number of methoxy groups -OCH3 is 1. The van der Waals surface area contributed by atoms with Gasteiger partial charge in [-0.3, -0.25) is 15.0 Å². The molecule has 2 atom stereocenters. The van der Waals surface area contributed by atoms with Gasteiger partial charge in [0.05, 0.1) is 23.6 Å². The second kappa shape index (κ2) is 6.22. The number of nitrogens with one attached hydrogen (secondary N) is 1. The Hall–Kier alpha value is -3.62. The lowest BCUT2D eigenvalue weighted by Crippen LogP contribution is -2.65. The molecule has 144 valence electrons. The van der Waals surface area contributed by atoms with Crippen molar-refractivity contribution in [2.24, 2.45) is 0 Å². The summed E-state index contributed by atoms with van der Waals surface area (Å²) < 4.78 is 10.8. The summed E-state index contributed by atoms with van der Waals surface area (Å²) in [5.74, 6) is 0.0193. The number of esters is 1. The van der Waals surface area contributed by atoms with Crippen LogP contribution in [0.1, 0.15) is 35.3 Å². The first kappa shape index (κ1) is 17.8. The number of hydrogen-bond acceptors (Lipinski definition) is 6. The average molecular weight is 383 g/mol. The van der Waals surface area contributed by atoms with Crippen molar-refractivity contribution in [1.82, 2.24) is 5.32 Å². The van der Waals surface area contributed by atoms with E-state index in [0.29, 0.717) is 29.0 Å². The molecular weight excluding hydrogens is 366 g/mol. The number of nitro groups is 1. The van der Waals surface area contributed by atoms with Crippen molar-refractivity contribution in [2.75, 3.05) is 12.0 Å². The number of benzene rings is 2. The quantitative estimate of drug-likeness (QED) is 0.495. The van der Waals surface area contributed by atoms with Crippen LogP contribution in [0.2, 0.25) is 0 Å². The third kappa shape index (κ3) is 2.72. The molecule has 2 bridgehead atoms. The van der Waals surface area contributed by atoms with Crippen molar-refractivity contribution in [3.8, 4) is 5.75 Å². The van der Waals surface area contributed by atoms with Crippen LogP contribution >= 0.6 is 0 Å². The zero-order valence-corrected chi connectivity index (χ0v) is 15.2. The Morgan fingerprint density at radius 3 is 2.68 bits per heavy atom. The Kier molecular flexibility index (Phi) is 3.95. The number of nitrogens with zero attached hydrogens (tertiary/aromatic N) is 2. The summed E-state index contributed by atoms with van der Waals surface area (Å²) in [6.45, 7) is 1.79. The molecule has 9 heteroatoms. The van der Waals surface area contributed by atoms with Gasteiger partial charge in [0.25, 0.3) is 5.69 Å². The van der Waals surface area contributed by atoms with Gasteiger partial charge in [-0.15, -0.1) is 0 Å².